The smallest absolute Gasteiger partial charge is 0.244 e. The van der Waals surface area contributed by atoms with Gasteiger partial charge in [0.1, 0.15) is 4.90 Å². The molecule has 0 bridgehead atoms. The number of carbonyl (C=O) groups excluding carboxylic acids is 1. The number of sulfonamides is 1. The van der Waals surface area contributed by atoms with Gasteiger partial charge in [-0.25, -0.2) is 12.7 Å². The number of halogens is 2. The first-order chi connectivity index (χ1) is 7.67. The van der Waals surface area contributed by atoms with E-state index in [4.69, 9.17) is 23.2 Å². The number of carboxylic acid groups (broad SMARTS) is 1. The Labute approximate surface area is 109 Å². The van der Waals surface area contributed by atoms with Crippen molar-refractivity contribution < 1.29 is 18.3 Å². The van der Waals surface area contributed by atoms with E-state index in [-0.39, 0.29) is 14.9 Å². The summed E-state index contributed by atoms with van der Waals surface area (Å²) in [5.74, 6) is -1.57. The zero-order chi connectivity index (χ0) is 13.4. The van der Waals surface area contributed by atoms with Crippen molar-refractivity contribution in [2.75, 3.05) is 14.1 Å². The van der Waals surface area contributed by atoms with Gasteiger partial charge in [0.15, 0.2) is 0 Å². The van der Waals surface area contributed by atoms with E-state index >= 15 is 0 Å². The van der Waals surface area contributed by atoms with Crippen LogP contribution >= 0.6 is 23.2 Å². The molecule has 1 aromatic rings. The molecule has 17 heavy (non-hydrogen) atoms. The molecule has 0 saturated heterocycles. The Hall–Kier alpha value is -0.820. The van der Waals surface area contributed by atoms with Crippen LogP contribution in [0, 0.1) is 0 Å². The van der Waals surface area contributed by atoms with Crippen molar-refractivity contribution in [2.24, 2.45) is 0 Å². The van der Waals surface area contributed by atoms with Gasteiger partial charge in [0, 0.05) is 19.7 Å². The van der Waals surface area contributed by atoms with Gasteiger partial charge in [-0.05, 0) is 12.1 Å². The molecule has 0 unspecified atom stereocenters. The molecule has 0 amide bonds. The summed E-state index contributed by atoms with van der Waals surface area (Å²) in [4.78, 5) is 10.4. The zero-order valence-electron chi connectivity index (χ0n) is 8.90. The fraction of sp³-hybridized carbons (Fsp3) is 0.222. The lowest BCUT2D eigenvalue weighted by Gasteiger charge is -2.15. The predicted octanol–water partition coefficient (Wildman–Crippen LogP) is 0.607. The molecule has 0 aliphatic carbocycles. The Morgan fingerprint density at radius 2 is 1.76 bits per heavy atom. The van der Waals surface area contributed by atoms with Crippen LogP contribution in [0.5, 0.6) is 0 Å². The van der Waals surface area contributed by atoms with Gasteiger partial charge in [-0.1, -0.05) is 23.2 Å². The Bertz CT molecular complexity index is 569. The van der Waals surface area contributed by atoms with Crippen LogP contribution in [-0.4, -0.2) is 32.8 Å². The molecular formula is C9H8Cl2NO4S-. The highest BCUT2D eigenvalue weighted by atomic mass is 35.5. The van der Waals surface area contributed by atoms with Crippen LogP contribution in [-0.2, 0) is 10.0 Å². The second-order valence-corrected chi connectivity index (χ2v) is 6.27. The van der Waals surface area contributed by atoms with Crippen LogP contribution in [0.15, 0.2) is 17.0 Å². The Balaban J connectivity index is 3.57. The minimum Gasteiger partial charge on any atom is -0.545 e. The van der Waals surface area contributed by atoms with E-state index in [0.717, 1.165) is 16.4 Å². The van der Waals surface area contributed by atoms with Gasteiger partial charge >= 0.3 is 0 Å². The molecule has 0 N–H and O–H groups in total. The summed E-state index contributed by atoms with van der Waals surface area (Å²) in [6, 6.07) is 1.94. The topological polar surface area (TPSA) is 77.5 Å². The average molecular weight is 297 g/mol. The maximum atomic E-state index is 11.8. The number of nitrogens with zero attached hydrogens (tertiary/aromatic N) is 1. The third-order valence-electron chi connectivity index (χ3n) is 2.00. The predicted molar refractivity (Wildman–Crippen MR) is 61.7 cm³/mol. The zero-order valence-corrected chi connectivity index (χ0v) is 11.2. The molecule has 1 aromatic carbocycles. The normalized spacial score (nSPS) is 11.8. The maximum absolute atomic E-state index is 11.8. The van der Waals surface area contributed by atoms with Gasteiger partial charge in [0.05, 0.1) is 16.0 Å². The number of carboxylic acids is 1. The minimum absolute atomic E-state index is 0.145. The number of hydrogen-bond acceptors (Lipinski definition) is 4. The molecule has 0 spiro atoms. The van der Waals surface area contributed by atoms with Crippen LogP contribution in [0.1, 0.15) is 10.4 Å². The van der Waals surface area contributed by atoms with E-state index in [1.54, 1.807) is 0 Å². The molecule has 0 radical (unpaired) electrons. The van der Waals surface area contributed by atoms with E-state index in [0.29, 0.717) is 0 Å². The molecular weight excluding hydrogens is 289 g/mol. The lowest BCUT2D eigenvalue weighted by atomic mass is 10.2. The van der Waals surface area contributed by atoms with Crippen molar-refractivity contribution in [3.05, 3.63) is 27.7 Å². The molecule has 94 valence electrons. The Morgan fingerprint density at radius 3 is 2.18 bits per heavy atom. The number of carbonyl (C=O) groups is 1. The fourth-order valence-electron chi connectivity index (χ4n) is 1.08. The first-order valence-corrected chi connectivity index (χ1v) is 6.50. The number of benzene rings is 1. The molecule has 0 atom stereocenters. The quantitative estimate of drug-likeness (QED) is 0.819. The third kappa shape index (κ3) is 2.71. The van der Waals surface area contributed by atoms with Crippen LogP contribution in [0.2, 0.25) is 10.0 Å². The minimum atomic E-state index is -3.83. The van der Waals surface area contributed by atoms with Crippen molar-refractivity contribution in [3.63, 3.8) is 0 Å². The standard InChI is InChI=1S/C9H9Cl2NO4S/c1-12(2)17(15,16)8-3-5(9(13)14)6(10)4-7(8)11/h3-4H,1-2H3,(H,13,14)/p-1. The third-order valence-corrected chi connectivity index (χ3v) is 4.59. The highest BCUT2D eigenvalue weighted by molar-refractivity contribution is 7.89. The van der Waals surface area contributed by atoms with Gasteiger partial charge in [-0.2, -0.15) is 0 Å². The highest BCUT2D eigenvalue weighted by Gasteiger charge is 2.22. The second-order valence-electron chi connectivity index (χ2n) is 3.34. The van der Waals surface area contributed by atoms with Gasteiger partial charge in [-0.3, -0.25) is 0 Å². The summed E-state index contributed by atoms with van der Waals surface area (Å²) >= 11 is 11.3. The maximum Gasteiger partial charge on any atom is 0.244 e. The highest BCUT2D eigenvalue weighted by Crippen LogP contribution is 2.29. The molecule has 5 nitrogen and oxygen atoms in total. The van der Waals surface area contributed by atoms with Crippen LogP contribution in [0.3, 0.4) is 0 Å². The van der Waals surface area contributed by atoms with Crippen molar-refractivity contribution in [1.82, 2.24) is 4.31 Å². The fourth-order valence-corrected chi connectivity index (χ4v) is 2.80. The first-order valence-electron chi connectivity index (χ1n) is 4.31. The lowest BCUT2D eigenvalue weighted by molar-refractivity contribution is -0.255. The van der Waals surface area contributed by atoms with Crippen molar-refractivity contribution in [2.45, 2.75) is 4.90 Å². The molecule has 0 aliphatic rings. The average Bonchev–Trinajstić information content (AvgIpc) is 2.15. The number of rotatable bonds is 3. The largest absolute Gasteiger partial charge is 0.545 e. The van der Waals surface area contributed by atoms with Gasteiger partial charge < -0.3 is 9.90 Å². The number of hydrogen-bond donors (Lipinski definition) is 0. The van der Waals surface area contributed by atoms with E-state index in [1.807, 2.05) is 0 Å². The van der Waals surface area contributed by atoms with E-state index in [2.05, 4.69) is 0 Å². The van der Waals surface area contributed by atoms with E-state index in [1.165, 1.54) is 14.1 Å². The SMILES string of the molecule is CN(C)S(=O)(=O)c1cc(C(=O)[O-])c(Cl)cc1Cl. The summed E-state index contributed by atoms with van der Waals surface area (Å²) in [5, 5.41) is 10.4. The Kier molecular flexibility index (Phi) is 4.03. The van der Waals surface area contributed by atoms with Crippen LogP contribution in [0.4, 0.5) is 0 Å². The number of aromatic carboxylic acids is 1. The molecule has 0 heterocycles. The van der Waals surface area contributed by atoms with E-state index < -0.39 is 21.6 Å². The molecule has 0 aliphatic heterocycles. The van der Waals surface area contributed by atoms with Crippen molar-refractivity contribution >= 4 is 39.2 Å². The molecule has 0 fully saturated rings. The summed E-state index contributed by atoms with van der Waals surface area (Å²) in [6.07, 6.45) is 0. The lowest BCUT2D eigenvalue weighted by Crippen LogP contribution is -2.25. The summed E-state index contributed by atoms with van der Waals surface area (Å²) in [7, 11) is -1.22. The van der Waals surface area contributed by atoms with Crippen molar-refractivity contribution in [3.8, 4) is 0 Å². The van der Waals surface area contributed by atoms with Gasteiger partial charge in [-0.15, -0.1) is 0 Å². The Morgan fingerprint density at radius 1 is 1.24 bits per heavy atom. The monoisotopic (exact) mass is 296 g/mol. The molecule has 1 rings (SSSR count). The van der Waals surface area contributed by atoms with Gasteiger partial charge in [0.2, 0.25) is 10.0 Å². The molecule has 0 saturated carbocycles. The molecule has 8 heteroatoms. The summed E-state index contributed by atoms with van der Waals surface area (Å²) in [5.41, 5.74) is -0.420. The summed E-state index contributed by atoms with van der Waals surface area (Å²) < 4.78 is 24.6. The molecule has 0 aromatic heterocycles. The van der Waals surface area contributed by atoms with Crippen molar-refractivity contribution in [1.29, 1.82) is 0 Å². The van der Waals surface area contributed by atoms with Gasteiger partial charge in [0.25, 0.3) is 0 Å². The second kappa shape index (κ2) is 4.81. The van der Waals surface area contributed by atoms with E-state index in [9.17, 15) is 18.3 Å². The summed E-state index contributed by atoms with van der Waals surface area (Å²) in [6.45, 7) is 0. The first kappa shape index (κ1) is 14.2. The van der Waals surface area contributed by atoms with Crippen LogP contribution in [0.25, 0.3) is 0 Å². The van der Waals surface area contributed by atoms with Crippen LogP contribution < -0.4 is 5.11 Å².